The third-order valence-corrected chi connectivity index (χ3v) is 6.05. The summed E-state index contributed by atoms with van der Waals surface area (Å²) < 4.78 is 55.1. The number of aromatic nitrogens is 5. The molecule has 0 spiro atoms. The van der Waals surface area contributed by atoms with E-state index >= 15 is 0 Å². The predicted molar refractivity (Wildman–Crippen MR) is 135 cm³/mol. The van der Waals surface area contributed by atoms with E-state index in [1.807, 2.05) is 0 Å². The van der Waals surface area contributed by atoms with Crippen LogP contribution in [-0.4, -0.2) is 24.9 Å². The fourth-order valence-electron chi connectivity index (χ4n) is 4.15. The van der Waals surface area contributed by atoms with Crippen LogP contribution < -0.4 is 10.9 Å². The molecule has 0 bridgehead atoms. The van der Waals surface area contributed by atoms with Crippen LogP contribution in [0.3, 0.4) is 0 Å². The molecule has 192 valence electrons. The van der Waals surface area contributed by atoms with Crippen LogP contribution in [0.25, 0.3) is 33.4 Å². The second-order valence-corrected chi connectivity index (χ2v) is 8.68. The van der Waals surface area contributed by atoms with Crippen LogP contribution in [0, 0.1) is 18.6 Å². The smallest absolute Gasteiger partial charge is 0.265 e. The van der Waals surface area contributed by atoms with Crippen molar-refractivity contribution in [3.63, 3.8) is 0 Å². The molecule has 5 rings (SSSR count). The van der Waals surface area contributed by atoms with Gasteiger partial charge in [-0.1, -0.05) is 0 Å². The molecule has 0 aliphatic heterocycles. The molecule has 0 aliphatic rings. The number of hydrogen-bond donors (Lipinski definition) is 2. The fourth-order valence-corrected chi connectivity index (χ4v) is 4.15. The summed E-state index contributed by atoms with van der Waals surface area (Å²) in [4.78, 5) is 32.6. The van der Waals surface area contributed by atoms with Crippen molar-refractivity contribution in [2.24, 2.45) is 0 Å². The van der Waals surface area contributed by atoms with Crippen molar-refractivity contribution in [1.82, 2.24) is 24.9 Å². The Morgan fingerprint density at radius 3 is 2.16 bits per heavy atom. The molecule has 0 unspecified atom stereocenters. The average molecular weight is 520 g/mol. The number of anilines is 1. The lowest BCUT2D eigenvalue weighted by Gasteiger charge is -2.20. The summed E-state index contributed by atoms with van der Waals surface area (Å²) in [5, 5.41) is 3.39. The molecule has 7 nitrogen and oxygen atoms in total. The maximum atomic E-state index is 14.5. The topological polar surface area (TPSA) is 96.5 Å². The van der Waals surface area contributed by atoms with E-state index in [-0.39, 0.29) is 11.1 Å². The van der Waals surface area contributed by atoms with E-state index in [1.165, 1.54) is 24.5 Å². The summed E-state index contributed by atoms with van der Waals surface area (Å²) in [5.41, 5.74) is 0.783. The molecule has 5 aromatic rings. The first kappa shape index (κ1) is 25.0. The zero-order valence-electron chi connectivity index (χ0n) is 20.1. The first-order valence-corrected chi connectivity index (χ1v) is 11.5. The van der Waals surface area contributed by atoms with Gasteiger partial charge in [-0.15, -0.1) is 0 Å². The van der Waals surface area contributed by atoms with Crippen molar-refractivity contribution in [2.45, 2.75) is 26.3 Å². The van der Waals surface area contributed by atoms with Crippen molar-refractivity contribution < 1.29 is 17.6 Å². The van der Waals surface area contributed by atoms with E-state index in [2.05, 4.69) is 30.2 Å². The lowest BCUT2D eigenvalue weighted by Crippen LogP contribution is -2.13. The summed E-state index contributed by atoms with van der Waals surface area (Å²) in [6.45, 7) is 3.40. The van der Waals surface area contributed by atoms with Crippen LogP contribution >= 0.6 is 0 Å². The lowest BCUT2D eigenvalue weighted by atomic mass is 9.98. The minimum Gasteiger partial charge on any atom is -0.378 e. The molecular weight excluding hydrogens is 500 g/mol. The average Bonchev–Trinajstić information content (AvgIpc) is 2.90. The highest BCUT2D eigenvalue weighted by molar-refractivity contribution is 5.88. The quantitative estimate of drug-likeness (QED) is 0.261. The number of aryl methyl sites for hydroxylation is 1. The van der Waals surface area contributed by atoms with E-state index < -0.39 is 35.2 Å². The van der Waals surface area contributed by atoms with Gasteiger partial charge in [0.15, 0.2) is 5.82 Å². The van der Waals surface area contributed by atoms with Crippen LogP contribution in [0.5, 0.6) is 0 Å². The van der Waals surface area contributed by atoms with Crippen molar-refractivity contribution in [2.75, 3.05) is 5.32 Å². The van der Waals surface area contributed by atoms with Crippen LogP contribution in [0.4, 0.5) is 23.2 Å². The number of aromatic amines is 1. The van der Waals surface area contributed by atoms with Gasteiger partial charge >= 0.3 is 0 Å². The predicted octanol–water partition coefficient (Wildman–Crippen LogP) is 6.14. The molecule has 0 radical (unpaired) electrons. The Bertz CT molecular complexity index is 1690. The van der Waals surface area contributed by atoms with Gasteiger partial charge in [-0.2, -0.15) is 0 Å². The van der Waals surface area contributed by atoms with Crippen molar-refractivity contribution in [3.8, 4) is 22.6 Å². The summed E-state index contributed by atoms with van der Waals surface area (Å²) >= 11 is 0. The highest BCUT2D eigenvalue weighted by atomic mass is 19.3. The summed E-state index contributed by atoms with van der Waals surface area (Å²) in [6, 6.07) is 6.27. The number of halogens is 4. The van der Waals surface area contributed by atoms with Crippen molar-refractivity contribution in [3.05, 3.63) is 100 Å². The van der Waals surface area contributed by atoms with Gasteiger partial charge in [0.25, 0.3) is 12.0 Å². The monoisotopic (exact) mass is 520 g/mol. The van der Waals surface area contributed by atoms with E-state index in [0.29, 0.717) is 39.4 Å². The number of nitrogens with one attached hydrogen (secondary N) is 2. The Hall–Kier alpha value is -4.67. The van der Waals surface area contributed by atoms with E-state index in [4.69, 9.17) is 0 Å². The summed E-state index contributed by atoms with van der Waals surface area (Å²) in [5.74, 6) is -0.457. The van der Waals surface area contributed by atoms with Gasteiger partial charge in [0, 0.05) is 47.6 Å². The van der Waals surface area contributed by atoms with Gasteiger partial charge in [0.05, 0.1) is 16.6 Å². The number of pyridine rings is 1. The van der Waals surface area contributed by atoms with Gasteiger partial charge < -0.3 is 10.3 Å². The van der Waals surface area contributed by atoms with E-state index in [0.717, 1.165) is 18.2 Å². The second-order valence-electron chi connectivity index (χ2n) is 8.68. The number of fused-ring (bicyclic) bond motifs is 1. The molecule has 3 heterocycles. The molecule has 3 aromatic heterocycles. The molecule has 0 aliphatic carbocycles. The number of hydrogen-bond acceptors (Lipinski definition) is 6. The Balaban J connectivity index is 1.55. The van der Waals surface area contributed by atoms with Gasteiger partial charge in [-0.05, 0) is 61.2 Å². The fraction of sp³-hybridized carbons (Fsp3) is 0.148. The Morgan fingerprint density at radius 1 is 0.816 bits per heavy atom. The first-order valence-electron chi connectivity index (χ1n) is 11.5. The Labute approximate surface area is 213 Å². The van der Waals surface area contributed by atoms with Crippen LogP contribution in [0.2, 0.25) is 0 Å². The SMILES string of the molecule is Cc1ncc(-c2ncc(-c3cc4c([C@@H](C)Nc5ccc(F)cc5C(F)F)cc(F)cc4c(=O)[nH]3)cn2)cn1. The number of alkyl halides is 2. The summed E-state index contributed by atoms with van der Waals surface area (Å²) in [7, 11) is 0. The standard InChI is InChI=1S/C27H20F4N6O/c1-13(36-23-4-3-17(28)5-22(23)25(30)31)19-6-18(29)7-21-20(19)8-24(37-27(21)38)15-9-34-26(35-10-15)16-11-32-14(2)33-12-16/h3-13,25,36H,1-2H3,(H,37,38)/t13-/m1/s1. The molecule has 0 saturated heterocycles. The largest absolute Gasteiger partial charge is 0.378 e. The minimum absolute atomic E-state index is 0.000416. The molecule has 0 saturated carbocycles. The number of nitrogens with zero attached hydrogens (tertiary/aromatic N) is 4. The summed E-state index contributed by atoms with van der Waals surface area (Å²) in [6.07, 6.45) is 3.33. The third-order valence-electron chi connectivity index (χ3n) is 6.05. The molecular formula is C27H20F4N6O. The molecule has 1 atom stereocenters. The minimum atomic E-state index is -2.92. The molecule has 2 aromatic carbocycles. The lowest BCUT2D eigenvalue weighted by molar-refractivity contribution is 0.151. The van der Waals surface area contributed by atoms with Crippen LogP contribution in [0.1, 0.15) is 36.3 Å². The zero-order valence-corrected chi connectivity index (χ0v) is 20.1. The normalized spacial score (nSPS) is 12.2. The van der Waals surface area contributed by atoms with Gasteiger partial charge in [-0.25, -0.2) is 37.5 Å². The molecule has 2 N–H and O–H groups in total. The highest BCUT2D eigenvalue weighted by Gasteiger charge is 2.19. The Kier molecular flexibility index (Phi) is 6.58. The van der Waals surface area contributed by atoms with Crippen LogP contribution in [0.15, 0.2) is 66.0 Å². The number of rotatable bonds is 6. The van der Waals surface area contributed by atoms with Crippen molar-refractivity contribution in [1.29, 1.82) is 0 Å². The number of H-pyrrole nitrogens is 1. The second kappa shape index (κ2) is 10.0. The molecule has 38 heavy (non-hydrogen) atoms. The maximum Gasteiger partial charge on any atom is 0.265 e. The van der Waals surface area contributed by atoms with E-state index in [9.17, 15) is 22.4 Å². The Morgan fingerprint density at radius 2 is 1.47 bits per heavy atom. The van der Waals surface area contributed by atoms with Gasteiger partial charge in [0.2, 0.25) is 0 Å². The molecule has 0 fully saturated rings. The first-order chi connectivity index (χ1) is 18.2. The highest BCUT2D eigenvalue weighted by Crippen LogP contribution is 2.33. The van der Waals surface area contributed by atoms with Crippen LogP contribution in [-0.2, 0) is 0 Å². The zero-order chi connectivity index (χ0) is 27.0. The maximum absolute atomic E-state index is 14.5. The van der Waals surface area contributed by atoms with Gasteiger partial charge in [0.1, 0.15) is 17.5 Å². The van der Waals surface area contributed by atoms with Gasteiger partial charge in [-0.3, -0.25) is 4.79 Å². The molecule has 11 heteroatoms. The van der Waals surface area contributed by atoms with E-state index in [1.54, 1.807) is 32.3 Å². The van der Waals surface area contributed by atoms with Crippen molar-refractivity contribution >= 4 is 16.5 Å². The third kappa shape index (κ3) is 4.95. The number of benzene rings is 2. The molecule has 0 amide bonds.